The first-order valence-corrected chi connectivity index (χ1v) is 8.98. The Bertz CT molecular complexity index is 775. The maximum absolute atomic E-state index is 12.5. The zero-order valence-corrected chi connectivity index (χ0v) is 13.7. The highest BCUT2D eigenvalue weighted by atomic mass is 79.9. The number of para-hydroxylation sites is 1. The van der Waals surface area contributed by atoms with Gasteiger partial charge in [-0.25, -0.2) is 8.42 Å². The molecular weight excluding hydrogens is 352 g/mol. The topological polar surface area (TPSA) is 58.2 Å². The van der Waals surface area contributed by atoms with E-state index in [1.807, 2.05) is 12.1 Å². The van der Waals surface area contributed by atoms with Crippen molar-refractivity contribution in [2.75, 3.05) is 16.6 Å². The van der Waals surface area contributed by atoms with Gasteiger partial charge >= 0.3 is 0 Å². The van der Waals surface area contributed by atoms with Crippen LogP contribution in [-0.2, 0) is 16.4 Å². The van der Waals surface area contributed by atoms with Crippen LogP contribution in [-0.4, -0.2) is 15.0 Å². The van der Waals surface area contributed by atoms with Crippen molar-refractivity contribution in [3.63, 3.8) is 0 Å². The number of aryl methyl sites for hydroxylation is 1. The van der Waals surface area contributed by atoms with Crippen molar-refractivity contribution >= 4 is 37.3 Å². The Hall–Kier alpha value is -1.53. The van der Waals surface area contributed by atoms with Crippen LogP contribution in [0, 0.1) is 0 Å². The van der Waals surface area contributed by atoms with E-state index in [2.05, 4.69) is 26.0 Å². The summed E-state index contributed by atoms with van der Waals surface area (Å²) in [5, 5.41) is 3.25. The lowest BCUT2D eigenvalue weighted by Gasteiger charge is -2.19. The number of fused-ring (bicyclic) bond motifs is 1. The second kappa shape index (κ2) is 5.69. The molecule has 1 aliphatic heterocycles. The molecule has 0 saturated heterocycles. The van der Waals surface area contributed by atoms with Crippen molar-refractivity contribution in [1.29, 1.82) is 0 Å². The molecule has 2 aromatic rings. The van der Waals surface area contributed by atoms with E-state index >= 15 is 0 Å². The maximum atomic E-state index is 12.5. The number of anilines is 2. The third-order valence-corrected chi connectivity index (χ3v) is 5.50. The number of sulfonamides is 1. The van der Waals surface area contributed by atoms with Gasteiger partial charge in [-0.3, -0.25) is 4.72 Å². The van der Waals surface area contributed by atoms with Crippen molar-refractivity contribution in [1.82, 2.24) is 0 Å². The zero-order chi connectivity index (χ0) is 14.9. The van der Waals surface area contributed by atoms with Crippen LogP contribution in [0.1, 0.15) is 12.0 Å². The fraction of sp³-hybridized carbons (Fsp3) is 0.200. The molecule has 4 nitrogen and oxygen atoms in total. The standard InChI is InChI=1S/C15H15BrN2O2S/c16-13-5-1-2-6-14(13)18-21(19,20)12-8-7-11-4-3-9-17-15(11)10-12/h1-2,5-8,10,17-18H,3-4,9H2. The molecule has 110 valence electrons. The number of benzene rings is 2. The van der Waals surface area contributed by atoms with E-state index in [1.54, 1.807) is 30.3 Å². The van der Waals surface area contributed by atoms with E-state index in [0.29, 0.717) is 10.2 Å². The number of nitrogens with one attached hydrogen (secondary N) is 2. The lowest BCUT2D eigenvalue weighted by atomic mass is 10.0. The molecule has 0 unspecified atom stereocenters. The van der Waals surface area contributed by atoms with Gasteiger partial charge in [0.25, 0.3) is 10.0 Å². The molecule has 0 amide bonds. The van der Waals surface area contributed by atoms with Gasteiger partial charge in [-0.05, 0) is 58.6 Å². The Kier molecular flexibility index (Phi) is 3.91. The Morgan fingerprint density at radius 3 is 2.76 bits per heavy atom. The predicted molar refractivity (Wildman–Crippen MR) is 88.2 cm³/mol. The third-order valence-electron chi connectivity index (χ3n) is 3.45. The van der Waals surface area contributed by atoms with E-state index in [-0.39, 0.29) is 4.90 Å². The smallest absolute Gasteiger partial charge is 0.262 e. The van der Waals surface area contributed by atoms with Crippen LogP contribution in [0.2, 0.25) is 0 Å². The van der Waals surface area contributed by atoms with Crippen LogP contribution in [0.25, 0.3) is 0 Å². The van der Waals surface area contributed by atoms with Gasteiger partial charge in [-0.2, -0.15) is 0 Å². The molecule has 2 N–H and O–H groups in total. The van der Waals surface area contributed by atoms with Crippen LogP contribution in [0.3, 0.4) is 0 Å². The highest BCUT2D eigenvalue weighted by Crippen LogP contribution is 2.28. The summed E-state index contributed by atoms with van der Waals surface area (Å²) in [5.41, 5.74) is 2.61. The first-order chi connectivity index (χ1) is 10.1. The Labute approximate surface area is 132 Å². The Balaban J connectivity index is 1.93. The molecule has 0 fully saturated rings. The molecule has 0 radical (unpaired) electrons. The monoisotopic (exact) mass is 366 g/mol. The molecule has 6 heteroatoms. The predicted octanol–water partition coefficient (Wildman–Crippen LogP) is 3.61. The van der Waals surface area contributed by atoms with E-state index < -0.39 is 10.0 Å². The minimum Gasteiger partial charge on any atom is -0.385 e. The molecule has 0 spiro atoms. The minimum atomic E-state index is -3.59. The van der Waals surface area contributed by atoms with Crippen LogP contribution in [0.15, 0.2) is 51.8 Å². The fourth-order valence-corrected chi connectivity index (χ4v) is 3.98. The molecule has 21 heavy (non-hydrogen) atoms. The highest BCUT2D eigenvalue weighted by molar-refractivity contribution is 9.10. The number of rotatable bonds is 3. The molecular formula is C15H15BrN2O2S. The Morgan fingerprint density at radius 2 is 1.95 bits per heavy atom. The van der Waals surface area contributed by atoms with Gasteiger partial charge in [0, 0.05) is 16.7 Å². The van der Waals surface area contributed by atoms with Crippen LogP contribution in [0.5, 0.6) is 0 Å². The molecule has 0 aliphatic carbocycles. The summed E-state index contributed by atoms with van der Waals surface area (Å²) in [5.74, 6) is 0. The lowest BCUT2D eigenvalue weighted by Crippen LogP contribution is -2.16. The van der Waals surface area contributed by atoms with Gasteiger partial charge in [-0.1, -0.05) is 18.2 Å². The molecule has 0 aromatic heterocycles. The second-order valence-corrected chi connectivity index (χ2v) is 7.47. The molecule has 2 aromatic carbocycles. The van der Waals surface area contributed by atoms with Crippen LogP contribution >= 0.6 is 15.9 Å². The van der Waals surface area contributed by atoms with Crippen molar-refractivity contribution < 1.29 is 8.42 Å². The molecule has 0 atom stereocenters. The maximum Gasteiger partial charge on any atom is 0.262 e. The van der Waals surface area contributed by atoms with Crippen molar-refractivity contribution in [3.8, 4) is 0 Å². The quantitative estimate of drug-likeness (QED) is 0.872. The summed E-state index contributed by atoms with van der Waals surface area (Å²) in [4.78, 5) is 0.270. The summed E-state index contributed by atoms with van der Waals surface area (Å²) in [7, 11) is -3.59. The second-order valence-electron chi connectivity index (χ2n) is 4.93. The molecule has 1 heterocycles. The third kappa shape index (κ3) is 3.06. The fourth-order valence-electron chi connectivity index (χ4n) is 2.35. The number of halogens is 1. The minimum absolute atomic E-state index is 0.270. The summed E-state index contributed by atoms with van der Waals surface area (Å²) in [6.45, 7) is 0.883. The first-order valence-electron chi connectivity index (χ1n) is 6.70. The van der Waals surface area contributed by atoms with Crippen molar-refractivity contribution in [3.05, 3.63) is 52.5 Å². The van der Waals surface area contributed by atoms with Crippen LogP contribution in [0.4, 0.5) is 11.4 Å². The lowest BCUT2D eigenvalue weighted by molar-refractivity contribution is 0.601. The summed E-state index contributed by atoms with van der Waals surface area (Å²) >= 11 is 3.34. The van der Waals surface area contributed by atoms with E-state index in [9.17, 15) is 8.42 Å². The largest absolute Gasteiger partial charge is 0.385 e. The summed E-state index contributed by atoms with van der Waals surface area (Å²) < 4.78 is 28.3. The normalized spacial score (nSPS) is 14.1. The molecule has 0 bridgehead atoms. The van der Waals surface area contributed by atoms with Gasteiger partial charge in [0.15, 0.2) is 0 Å². The van der Waals surface area contributed by atoms with Gasteiger partial charge in [-0.15, -0.1) is 0 Å². The molecule has 3 rings (SSSR count). The van der Waals surface area contributed by atoms with Gasteiger partial charge < -0.3 is 5.32 Å². The highest BCUT2D eigenvalue weighted by Gasteiger charge is 2.18. The number of hydrogen-bond acceptors (Lipinski definition) is 3. The van der Waals surface area contributed by atoms with Crippen molar-refractivity contribution in [2.45, 2.75) is 17.7 Å². The zero-order valence-electron chi connectivity index (χ0n) is 11.3. The molecule has 0 saturated carbocycles. The Morgan fingerprint density at radius 1 is 1.14 bits per heavy atom. The van der Waals surface area contributed by atoms with E-state index in [1.165, 1.54) is 5.56 Å². The van der Waals surface area contributed by atoms with Crippen LogP contribution < -0.4 is 10.0 Å². The SMILES string of the molecule is O=S(=O)(Nc1ccccc1Br)c1ccc2c(c1)NCCC2. The molecule has 1 aliphatic rings. The average molecular weight is 367 g/mol. The van der Waals surface area contributed by atoms with E-state index in [0.717, 1.165) is 25.1 Å². The van der Waals surface area contributed by atoms with Crippen molar-refractivity contribution in [2.24, 2.45) is 0 Å². The van der Waals surface area contributed by atoms with E-state index in [4.69, 9.17) is 0 Å². The summed E-state index contributed by atoms with van der Waals surface area (Å²) in [6.07, 6.45) is 2.06. The average Bonchev–Trinajstić information content (AvgIpc) is 2.49. The first kappa shape index (κ1) is 14.4. The van der Waals surface area contributed by atoms with Gasteiger partial charge in [0.1, 0.15) is 0 Å². The number of hydrogen-bond donors (Lipinski definition) is 2. The van der Waals surface area contributed by atoms with Gasteiger partial charge in [0.05, 0.1) is 10.6 Å². The van der Waals surface area contributed by atoms with Gasteiger partial charge in [0.2, 0.25) is 0 Å². The summed E-state index contributed by atoms with van der Waals surface area (Å²) in [6, 6.07) is 12.4.